The zero-order valence-electron chi connectivity index (χ0n) is 19.0. The van der Waals surface area contributed by atoms with Crippen molar-refractivity contribution < 1.29 is 32.5 Å². The maximum absolute atomic E-state index is 12.5. The van der Waals surface area contributed by atoms with Crippen LogP contribution in [0.2, 0.25) is 0 Å². The number of carboxylic acids is 1. The SMILES string of the molecule is CC(C)(C)C1CN=C(c2cccc(OCCOCC(F)(F)F)c2N)c2cc(=O)c(C(=O)O)cn21. The number of nitrogens with two attached hydrogens (primary N) is 1. The van der Waals surface area contributed by atoms with Gasteiger partial charge in [-0.1, -0.05) is 32.9 Å². The lowest BCUT2D eigenvalue weighted by Crippen LogP contribution is -2.36. The van der Waals surface area contributed by atoms with Crippen LogP contribution in [0.15, 0.2) is 40.2 Å². The minimum atomic E-state index is -4.42. The van der Waals surface area contributed by atoms with Crippen LogP contribution in [0.5, 0.6) is 5.75 Å². The van der Waals surface area contributed by atoms with Crippen LogP contribution in [0, 0.1) is 5.41 Å². The summed E-state index contributed by atoms with van der Waals surface area (Å²) < 4.78 is 48.4. The van der Waals surface area contributed by atoms with Gasteiger partial charge in [0.2, 0.25) is 0 Å². The van der Waals surface area contributed by atoms with E-state index in [1.165, 1.54) is 12.3 Å². The first kappa shape index (κ1) is 25.3. The molecule has 0 amide bonds. The Morgan fingerprint density at radius 1 is 1.26 bits per heavy atom. The number of nitrogen functional groups attached to an aromatic ring is 1. The summed E-state index contributed by atoms with van der Waals surface area (Å²) in [6, 6.07) is 5.90. The fourth-order valence-electron chi connectivity index (χ4n) is 3.69. The fraction of sp³-hybridized carbons (Fsp3) is 0.435. The zero-order chi connectivity index (χ0) is 25.3. The average molecular weight is 481 g/mol. The number of carboxylic acid groups (broad SMARTS) is 1. The molecule has 1 aliphatic heterocycles. The average Bonchev–Trinajstić information content (AvgIpc) is 2.72. The van der Waals surface area contributed by atoms with Gasteiger partial charge in [-0.2, -0.15) is 13.2 Å². The highest BCUT2D eigenvalue weighted by atomic mass is 19.4. The lowest BCUT2D eigenvalue weighted by molar-refractivity contribution is -0.175. The largest absolute Gasteiger partial charge is 0.489 e. The van der Waals surface area contributed by atoms with Crippen molar-refractivity contribution in [2.45, 2.75) is 33.0 Å². The maximum atomic E-state index is 12.5. The molecule has 1 aromatic carbocycles. The summed E-state index contributed by atoms with van der Waals surface area (Å²) in [6.45, 7) is 4.48. The second-order valence-electron chi connectivity index (χ2n) is 8.95. The molecule has 3 N–H and O–H groups in total. The topological polar surface area (TPSA) is 116 Å². The van der Waals surface area contributed by atoms with Gasteiger partial charge in [-0.3, -0.25) is 9.79 Å². The van der Waals surface area contributed by atoms with E-state index in [1.807, 2.05) is 20.8 Å². The van der Waals surface area contributed by atoms with Crippen molar-refractivity contribution in [1.29, 1.82) is 0 Å². The van der Waals surface area contributed by atoms with Crippen molar-refractivity contribution >= 4 is 17.4 Å². The number of fused-ring (bicyclic) bond motifs is 1. The molecule has 1 aliphatic rings. The van der Waals surface area contributed by atoms with Gasteiger partial charge in [-0.05, 0) is 11.5 Å². The predicted octanol–water partition coefficient (Wildman–Crippen LogP) is 3.52. The number of carbonyl (C=O) groups is 1. The highest BCUT2D eigenvalue weighted by Crippen LogP contribution is 2.36. The molecule has 2 aromatic rings. The summed E-state index contributed by atoms with van der Waals surface area (Å²) in [7, 11) is 0. The number of para-hydroxylation sites is 1. The van der Waals surface area contributed by atoms with Crippen LogP contribution in [-0.4, -0.2) is 53.9 Å². The van der Waals surface area contributed by atoms with Crippen molar-refractivity contribution in [3.8, 4) is 5.75 Å². The molecule has 2 heterocycles. The molecule has 0 aliphatic carbocycles. The number of halogens is 3. The van der Waals surface area contributed by atoms with E-state index in [1.54, 1.807) is 22.8 Å². The number of aromatic nitrogens is 1. The van der Waals surface area contributed by atoms with Gasteiger partial charge in [0.1, 0.15) is 24.5 Å². The molecular weight excluding hydrogens is 455 g/mol. The Bertz CT molecular complexity index is 1170. The number of hydrogen-bond acceptors (Lipinski definition) is 6. The van der Waals surface area contributed by atoms with Gasteiger partial charge in [-0.15, -0.1) is 0 Å². The molecule has 11 heteroatoms. The third kappa shape index (κ3) is 5.58. The number of pyridine rings is 1. The molecule has 0 saturated heterocycles. The van der Waals surface area contributed by atoms with Crippen molar-refractivity contribution in [2.24, 2.45) is 10.4 Å². The van der Waals surface area contributed by atoms with E-state index in [0.29, 0.717) is 23.5 Å². The van der Waals surface area contributed by atoms with Crippen LogP contribution in [0.25, 0.3) is 0 Å². The van der Waals surface area contributed by atoms with Crippen LogP contribution in [0.4, 0.5) is 18.9 Å². The number of nitrogens with zero attached hydrogens (tertiary/aromatic N) is 2. The van der Waals surface area contributed by atoms with E-state index >= 15 is 0 Å². The van der Waals surface area contributed by atoms with E-state index in [4.69, 9.17) is 10.5 Å². The van der Waals surface area contributed by atoms with Gasteiger partial charge < -0.3 is 24.9 Å². The zero-order valence-corrected chi connectivity index (χ0v) is 19.0. The molecule has 0 fully saturated rings. The Kier molecular flexibility index (Phi) is 7.06. The second-order valence-corrected chi connectivity index (χ2v) is 8.95. The monoisotopic (exact) mass is 481 g/mol. The third-order valence-corrected chi connectivity index (χ3v) is 5.38. The lowest BCUT2D eigenvalue weighted by atomic mass is 9.84. The van der Waals surface area contributed by atoms with Gasteiger partial charge in [0, 0.05) is 17.8 Å². The van der Waals surface area contributed by atoms with E-state index in [-0.39, 0.29) is 41.7 Å². The Morgan fingerprint density at radius 2 is 1.97 bits per heavy atom. The van der Waals surface area contributed by atoms with E-state index in [0.717, 1.165) is 0 Å². The molecule has 1 atom stereocenters. The molecule has 1 unspecified atom stereocenters. The standard InChI is InChI=1S/C23H26F3N3O5/c1-22(2,3)18-10-28-20(15-9-16(30)14(21(31)32)11-29(15)18)13-5-4-6-17(19(13)27)34-8-7-33-12-23(24,25)26/h4-6,9,11,18H,7-8,10,12,27H2,1-3H3,(H,31,32). The van der Waals surface area contributed by atoms with Crippen LogP contribution < -0.4 is 15.9 Å². The van der Waals surface area contributed by atoms with Crippen LogP contribution in [0.3, 0.4) is 0 Å². The molecule has 0 spiro atoms. The highest BCUT2D eigenvalue weighted by molar-refractivity contribution is 6.15. The smallest absolute Gasteiger partial charge is 0.411 e. The summed E-state index contributed by atoms with van der Waals surface area (Å²) in [4.78, 5) is 28.7. The van der Waals surface area contributed by atoms with Gasteiger partial charge in [0.15, 0.2) is 5.43 Å². The third-order valence-electron chi connectivity index (χ3n) is 5.38. The number of hydrogen-bond donors (Lipinski definition) is 2. The first-order valence-corrected chi connectivity index (χ1v) is 10.5. The Hall–Kier alpha value is -3.34. The first-order chi connectivity index (χ1) is 15.8. The number of rotatable bonds is 7. The molecule has 0 bridgehead atoms. The molecule has 1 aromatic heterocycles. The molecule has 34 heavy (non-hydrogen) atoms. The molecule has 0 saturated carbocycles. The number of benzene rings is 1. The van der Waals surface area contributed by atoms with Crippen molar-refractivity contribution in [1.82, 2.24) is 4.57 Å². The molecule has 3 rings (SSSR count). The minimum Gasteiger partial charge on any atom is -0.489 e. The highest BCUT2D eigenvalue weighted by Gasteiger charge is 2.33. The molecule has 0 radical (unpaired) electrons. The Morgan fingerprint density at radius 3 is 2.59 bits per heavy atom. The first-order valence-electron chi connectivity index (χ1n) is 10.5. The van der Waals surface area contributed by atoms with Gasteiger partial charge >= 0.3 is 12.1 Å². The van der Waals surface area contributed by atoms with Gasteiger partial charge in [-0.25, -0.2) is 4.79 Å². The maximum Gasteiger partial charge on any atom is 0.411 e. The van der Waals surface area contributed by atoms with Gasteiger partial charge in [0.25, 0.3) is 0 Å². The number of anilines is 1. The number of alkyl halides is 3. The molecule has 8 nitrogen and oxygen atoms in total. The fourth-order valence-corrected chi connectivity index (χ4v) is 3.69. The van der Waals surface area contributed by atoms with Crippen LogP contribution in [0.1, 0.15) is 48.4 Å². The number of aliphatic imine (C=N–C) groups is 1. The van der Waals surface area contributed by atoms with Crippen molar-refractivity contribution in [2.75, 3.05) is 32.1 Å². The quantitative estimate of drug-likeness (QED) is 0.462. The normalized spacial score (nSPS) is 16.1. The van der Waals surface area contributed by atoms with Crippen LogP contribution >= 0.6 is 0 Å². The lowest BCUT2D eigenvalue weighted by Gasteiger charge is -2.37. The predicted molar refractivity (Wildman–Crippen MR) is 120 cm³/mol. The number of aromatic carboxylic acids is 1. The summed E-state index contributed by atoms with van der Waals surface area (Å²) in [5.74, 6) is -1.09. The molecular formula is C23H26F3N3O5. The second kappa shape index (κ2) is 9.49. The Balaban J connectivity index is 1.94. The van der Waals surface area contributed by atoms with Crippen molar-refractivity contribution in [3.05, 3.63) is 57.5 Å². The van der Waals surface area contributed by atoms with E-state index < -0.39 is 24.2 Å². The van der Waals surface area contributed by atoms with E-state index in [9.17, 15) is 27.9 Å². The Labute approximate surface area is 193 Å². The molecule has 184 valence electrons. The summed E-state index contributed by atoms with van der Waals surface area (Å²) in [5.41, 5.74) is 6.44. The van der Waals surface area contributed by atoms with Crippen molar-refractivity contribution in [3.63, 3.8) is 0 Å². The van der Waals surface area contributed by atoms with E-state index in [2.05, 4.69) is 9.73 Å². The van der Waals surface area contributed by atoms with Gasteiger partial charge in [0.05, 0.1) is 36.3 Å². The summed E-state index contributed by atoms with van der Waals surface area (Å²) >= 11 is 0. The summed E-state index contributed by atoms with van der Waals surface area (Å²) in [5, 5.41) is 9.43. The summed E-state index contributed by atoms with van der Waals surface area (Å²) in [6.07, 6.45) is -3.09. The minimum absolute atomic E-state index is 0.152. The van der Waals surface area contributed by atoms with Crippen LogP contribution in [-0.2, 0) is 4.74 Å². The number of ether oxygens (including phenoxy) is 2.